The Balaban J connectivity index is 2.16. The summed E-state index contributed by atoms with van der Waals surface area (Å²) < 4.78 is 0.896. The van der Waals surface area contributed by atoms with Crippen molar-refractivity contribution in [2.45, 2.75) is 18.4 Å². The maximum atomic E-state index is 10.6. The van der Waals surface area contributed by atoms with Crippen LogP contribution in [-0.2, 0) is 10.4 Å². The third kappa shape index (κ3) is 1.92. The number of aliphatic carboxylic acids is 1. The first-order valence-electron chi connectivity index (χ1n) is 4.72. The average molecular weight is 271 g/mol. The van der Waals surface area contributed by atoms with Crippen LogP contribution in [-0.4, -0.2) is 16.2 Å². The highest BCUT2D eigenvalue weighted by molar-refractivity contribution is 9.10. The van der Waals surface area contributed by atoms with Crippen molar-refractivity contribution < 1.29 is 15.0 Å². The molecule has 0 aliphatic heterocycles. The minimum atomic E-state index is -0.952. The summed E-state index contributed by atoms with van der Waals surface area (Å²) in [6.07, 6.45) is 0.609. The van der Waals surface area contributed by atoms with E-state index in [4.69, 9.17) is 5.11 Å². The second kappa shape index (κ2) is 3.61. The van der Waals surface area contributed by atoms with Gasteiger partial charge in [-0.15, -0.1) is 0 Å². The summed E-state index contributed by atoms with van der Waals surface area (Å²) in [5.74, 6) is -1.23. The molecule has 3 nitrogen and oxygen atoms in total. The van der Waals surface area contributed by atoms with Gasteiger partial charge in [-0.05, 0) is 30.5 Å². The fraction of sp³-hybridized carbons (Fsp3) is 0.364. The zero-order valence-corrected chi connectivity index (χ0v) is 9.57. The number of aliphatic hydroxyl groups is 1. The molecular weight excluding hydrogens is 260 g/mol. The van der Waals surface area contributed by atoms with E-state index in [0.717, 1.165) is 10.0 Å². The van der Waals surface area contributed by atoms with Crippen LogP contribution < -0.4 is 0 Å². The number of carboxylic acids is 1. The molecule has 0 bridgehead atoms. The van der Waals surface area contributed by atoms with E-state index in [1.807, 2.05) is 24.3 Å². The van der Waals surface area contributed by atoms with Gasteiger partial charge in [-0.3, -0.25) is 4.79 Å². The van der Waals surface area contributed by atoms with Crippen molar-refractivity contribution in [3.63, 3.8) is 0 Å². The minimum Gasteiger partial charge on any atom is -0.481 e. The Labute approximate surface area is 95.9 Å². The van der Waals surface area contributed by atoms with Crippen LogP contribution in [0.1, 0.15) is 18.4 Å². The van der Waals surface area contributed by atoms with Crippen LogP contribution in [0.15, 0.2) is 28.7 Å². The summed E-state index contributed by atoms with van der Waals surface area (Å²) in [6, 6.07) is 7.37. The number of halogens is 1. The van der Waals surface area contributed by atoms with Gasteiger partial charge in [-0.1, -0.05) is 28.1 Å². The maximum Gasteiger partial charge on any atom is 0.306 e. The molecule has 0 spiro atoms. The first-order valence-corrected chi connectivity index (χ1v) is 5.52. The standard InChI is InChI=1S/C11H11BrO3/c12-9-3-1-2-8(4-9)11(15)5-7(6-11)10(13)14/h1-4,7,15H,5-6H2,(H,13,14). The predicted octanol–water partition coefficient (Wildman–Crippen LogP) is 2.13. The molecule has 15 heavy (non-hydrogen) atoms. The van der Waals surface area contributed by atoms with Gasteiger partial charge in [-0.25, -0.2) is 0 Å². The molecule has 4 heteroatoms. The Bertz CT molecular complexity index is 397. The van der Waals surface area contributed by atoms with E-state index in [0.29, 0.717) is 12.8 Å². The first kappa shape index (κ1) is 10.6. The fourth-order valence-electron chi connectivity index (χ4n) is 1.94. The number of hydrogen-bond donors (Lipinski definition) is 2. The van der Waals surface area contributed by atoms with E-state index < -0.39 is 17.5 Å². The molecule has 0 amide bonds. The average Bonchev–Trinajstić information content (AvgIpc) is 2.12. The van der Waals surface area contributed by atoms with Crippen molar-refractivity contribution >= 4 is 21.9 Å². The molecule has 1 aromatic rings. The topological polar surface area (TPSA) is 57.5 Å². The van der Waals surface area contributed by atoms with Crippen molar-refractivity contribution in [1.29, 1.82) is 0 Å². The Kier molecular flexibility index (Phi) is 2.56. The zero-order chi connectivity index (χ0) is 11.1. The van der Waals surface area contributed by atoms with Gasteiger partial charge in [0.15, 0.2) is 0 Å². The highest BCUT2D eigenvalue weighted by Crippen LogP contribution is 2.46. The fourth-order valence-corrected chi connectivity index (χ4v) is 2.34. The lowest BCUT2D eigenvalue weighted by Crippen LogP contribution is -2.44. The highest BCUT2D eigenvalue weighted by Gasteiger charge is 2.47. The Morgan fingerprint density at radius 2 is 2.13 bits per heavy atom. The van der Waals surface area contributed by atoms with E-state index in [1.54, 1.807) is 0 Å². The van der Waals surface area contributed by atoms with E-state index >= 15 is 0 Å². The van der Waals surface area contributed by atoms with Crippen molar-refractivity contribution in [1.82, 2.24) is 0 Å². The molecule has 1 aromatic carbocycles. The smallest absolute Gasteiger partial charge is 0.306 e. The van der Waals surface area contributed by atoms with Gasteiger partial charge < -0.3 is 10.2 Å². The molecule has 0 atom stereocenters. The van der Waals surface area contributed by atoms with Crippen LogP contribution >= 0.6 is 15.9 Å². The third-order valence-electron chi connectivity index (χ3n) is 2.88. The monoisotopic (exact) mass is 270 g/mol. The summed E-state index contributed by atoms with van der Waals surface area (Å²) in [7, 11) is 0. The SMILES string of the molecule is O=C(O)C1CC(O)(c2cccc(Br)c2)C1. The summed E-state index contributed by atoms with van der Waals surface area (Å²) in [5, 5.41) is 18.9. The van der Waals surface area contributed by atoms with Gasteiger partial charge in [0.05, 0.1) is 11.5 Å². The second-order valence-corrected chi connectivity index (χ2v) is 4.90. The van der Waals surface area contributed by atoms with E-state index in [9.17, 15) is 9.90 Å². The van der Waals surface area contributed by atoms with Gasteiger partial charge in [-0.2, -0.15) is 0 Å². The molecule has 0 radical (unpaired) electrons. The van der Waals surface area contributed by atoms with Gasteiger partial charge in [0, 0.05) is 4.47 Å². The normalized spacial score (nSPS) is 29.6. The van der Waals surface area contributed by atoms with Crippen molar-refractivity contribution in [3.05, 3.63) is 34.3 Å². The predicted molar refractivity (Wildman–Crippen MR) is 58.4 cm³/mol. The lowest BCUT2D eigenvalue weighted by molar-refractivity contribution is -0.159. The molecule has 2 rings (SSSR count). The zero-order valence-electron chi connectivity index (χ0n) is 7.98. The molecule has 1 fully saturated rings. The third-order valence-corrected chi connectivity index (χ3v) is 3.37. The molecule has 0 heterocycles. The summed E-state index contributed by atoms with van der Waals surface area (Å²) in [4.78, 5) is 10.6. The molecule has 0 saturated heterocycles. The summed E-state index contributed by atoms with van der Waals surface area (Å²) >= 11 is 3.32. The molecule has 80 valence electrons. The van der Waals surface area contributed by atoms with Crippen LogP contribution in [0, 0.1) is 5.92 Å². The number of rotatable bonds is 2. The quantitative estimate of drug-likeness (QED) is 0.866. The van der Waals surface area contributed by atoms with Gasteiger partial charge in [0.1, 0.15) is 0 Å². The number of hydrogen-bond acceptors (Lipinski definition) is 2. The van der Waals surface area contributed by atoms with Crippen molar-refractivity contribution in [2.75, 3.05) is 0 Å². The molecule has 1 saturated carbocycles. The molecular formula is C11H11BrO3. The Morgan fingerprint density at radius 3 is 2.67 bits per heavy atom. The highest BCUT2D eigenvalue weighted by atomic mass is 79.9. The van der Waals surface area contributed by atoms with E-state index in [1.165, 1.54) is 0 Å². The largest absolute Gasteiger partial charge is 0.481 e. The van der Waals surface area contributed by atoms with Crippen LogP contribution in [0.4, 0.5) is 0 Å². The van der Waals surface area contributed by atoms with Gasteiger partial charge in [0.25, 0.3) is 0 Å². The lowest BCUT2D eigenvalue weighted by atomic mass is 9.67. The van der Waals surface area contributed by atoms with Gasteiger partial charge >= 0.3 is 5.97 Å². The Morgan fingerprint density at radius 1 is 1.47 bits per heavy atom. The van der Waals surface area contributed by atoms with Crippen LogP contribution in [0.25, 0.3) is 0 Å². The molecule has 2 N–H and O–H groups in total. The Hall–Kier alpha value is -0.870. The van der Waals surface area contributed by atoms with Crippen LogP contribution in [0.2, 0.25) is 0 Å². The first-order chi connectivity index (χ1) is 7.01. The number of carboxylic acid groups (broad SMARTS) is 1. The van der Waals surface area contributed by atoms with Crippen molar-refractivity contribution in [3.8, 4) is 0 Å². The van der Waals surface area contributed by atoms with Gasteiger partial charge in [0.2, 0.25) is 0 Å². The number of carbonyl (C=O) groups is 1. The van der Waals surface area contributed by atoms with Crippen LogP contribution in [0.3, 0.4) is 0 Å². The summed E-state index contributed by atoms with van der Waals surface area (Å²) in [6.45, 7) is 0. The number of benzene rings is 1. The molecule has 0 aromatic heterocycles. The maximum absolute atomic E-state index is 10.6. The van der Waals surface area contributed by atoms with E-state index in [-0.39, 0.29) is 0 Å². The molecule has 1 aliphatic carbocycles. The van der Waals surface area contributed by atoms with Crippen LogP contribution in [0.5, 0.6) is 0 Å². The second-order valence-electron chi connectivity index (χ2n) is 3.99. The lowest BCUT2D eigenvalue weighted by Gasteiger charge is -2.41. The van der Waals surface area contributed by atoms with Crippen molar-refractivity contribution in [2.24, 2.45) is 5.92 Å². The van der Waals surface area contributed by atoms with E-state index in [2.05, 4.69) is 15.9 Å². The molecule has 1 aliphatic rings. The minimum absolute atomic E-state index is 0.304. The molecule has 0 unspecified atom stereocenters. The summed E-state index contributed by atoms with van der Waals surface area (Å²) in [5.41, 5.74) is -0.165.